The number of aromatic amines is 1. The summed E-state index contributed by atoms with van der Waals surface area (Å²) in [5, 5.41) is 15.4. The Bertz CT molecular complexity index is 915. The smallest absolute Gasteiger partial charge is 0.247 e. The first-order valence-corrected chi connectivity index (χ1v) is 11.6. The molecular formula is C19H22AcClIN7-. The molecule has 29 heavy (non-hydrogen) atoms. The van der Waals surface area contributed by atoms with E-state index in [0.29, 0.717) is 22.6 Å². The van der Waals surface area contributed by atoms with Gasteiger partial charge in [0.1, 0.15) is 11.6 Å². The number of nitrogens with zero attached hydrogens (tertiary/aromatic N) is 5. The van der Waals surface area contributed by atoms with E-state index in [0.717, 1.165) is 42.9 Å². The van der Waals surface area contributed by atoms with Gasteiger partial charge in [0.25, 0.3) is 0 Å². The van der Waals surface area contributed by atoms with Crippen LogP contribution in [0.1, 0.15) is 36.8 Å². The van der Waals surface area contributed by atoms with Crippen LogP contribution in [0.15, 0.2) is 30.3 Å². The van der Waals surface area contributed by atoms with Crippen molar-refractivity contribution in [3.8, 4) is 11.4 Å². The normalized spacial score (nSPS) is 15.7. The fourth-order valence-corrected chi connectivity index (χ4v) is 3.23. The number of anilines is 2. The van der Waals surface area contributed by atoms with Crippen LogP contribution in [0.2, 0.25) is 5.02 Å². The van der Waals surface area contributed by atoms with Gasteiger partial charge in [0.2, 0.25) is 5.95 Å². The van der Waals surface area contributed by atoms with Crippen LogP contribution in [0.25, 0.3) is 16.7 Å². The molecule has 1 saturated heterocycles. The summed E-state index contributed by atoms with van der Waals surface area (Å²) in [4.78, 5) is 15.6. The number of alkyl halides is 1. The Morgan fingerprint density at radius 1 is 1.17 bits per heavy atom. The van der Waals surface area contributed by atoms with Crippen molar-refractivity contribution >= 4 is 46.0 Å². The fraction of sp³-hybridized carbons (Fsp3) is 0.368. The van der Waals surface area contributed by atoms with Gasteiger partial charge in [-0.05, 0) is 24.0 Å². The van der Waals surface area contributed by atoms with E-state index < -0.39 is 0 Å². The molecule has 2 aromatic heterocycles. The molecule has 0 bridgehead atoms. The zero-order valence-corrected chi connectivity index (χ0v) is 24.0. The second-order valence-corrected chi connectivity index (χ2v) is 6.68. The SMILES string of the molecule is CI.Cc1nc(Nc2cc(C3CCCC[N-]3)nc(-c3ccccc3Cl)n2)n[nH]1.[Ac]. The van der Waals surface area contributed by atoms with Crippen LogP contribution in [-0.4, -0.2) is 36.6 Å². The fourth-order valence-electron chi connectivity index (χ4n) is 3.01. The van der Waals surface area contributed by atoms with Gasteiger partial charge in [-0.25, -0.2) is 9.97 Å². The van der Waals surface area contributed by atoms with E-state index in [9.17, 15) is 0 Å². The third-order valence-corrected chi connectivity index (χ3v) is 4.60. The van der Waals surface area contributed by atoms with E-state index in [1.807, 2.05) is 42.2 Å². The Labute approximate surface area is 225 Å². The predicted molar refractivity (Wildman–Crippen MR) is 122 cm³/mol. The number of benzene rings is 1. The maximum Gasteiger partial charge on any atom is 0.247 e. The van der Waals surface area contributed by atoms with E-state index in [1.54, 1.807) is 0 Å². The molecule has 1 atom stereocenters. The summed E-state index contributed by atoms with van der Waals surface area (Å²) in [7, 11) is 0. The summed E-state index contributed by atoms with van der Waals surface area (Å²) in [6, 6.07) is 9.58. The van der Waals surface area contributed by atoms with Crippen LogP contribution in [0.5, 0.6) is 0 Å². The molecule has 0 spiro atoms. The first-order valence-electron chi connectivity index (χ1n) is 9.03. The first kappa shape index (κ1) is 24.9. The number of hydrogen-bond donors (Lipinski definition) is 2. The van der Waals surface area contributed by atoms with Gasteiger partial charge in [-0.1, -0.05) is 71.6 Å². The van der Waals surface area contributed by atoms with Crippen LogP contribution in [0.4, 0.5) is 11.8 Å². The number of hydrogen-bond acceptors (Lipinski definition) is 5. The van der Waals surface area contributed by atoms with Gasteiger partial charge in [-0.3, -0.25) is 5.10 Å². The van der Waals surface area contributed by atoms with E-state index >= 15 is 0 Å². The Kier molecular flexibility index (Phi) is 10.7. The van der Waals surface area contributed by atoms with Gasteiger partial charge in [0, 0.05) is 61.4 Å². The molecule has 3 heterocycles. The van der Waals surface area contributed by atoms with Crippen LogP contribution in [0.3, 0.4) is 0 Å². The minimum Gasteiger partial charge on any atom is -0.654 e. The van der Waals surface area contributed by atoms with E-state index in [-0.39, 0.29) is 50.1 Å². The quantitative estimate of drug-likeness (QED) is 0.268. The van der Waals surface area contributed by atoms with Crippen LogP contribution < -0.4 is 5.32 Å². The third-order valence-electron chi connectivity index (χ3n) is 4.27. The molecule has 0 amide bonds. The molecule has 0 aliphatic carbocycles. The number of halogens is 2. The summed E-state index contributed by atoms with van der Waals surface area (Å²) >= 11 is 8.51. The largest absolute Gasteiger partial charge is 0.654 e. The molecule has 4 rings (SSSR count). The summed E-state index contributed by atoms with van der Waals surface area (Å²) in [6.45, 7) is 2.72. The van der Waals surface area contributed by atoms with Crippen LogP contribution in [0, 0.1) is 51.0 Å². The molecule has 1 radical (unpaired) electrons. The molecule has 0 saturated carbocycles. The molecule has 7 nitrogen and oxygen atoms in total. The zero-order valence-electron chi connectivity index (χ0n) is 16.4. The van der Waals surface area contributed by atoms with Crippen molar-refractivity contribution in [2.24, 2.45) is 0 Å². The Hall–Kier alpha value is -0.338. The maximum atomic E-state index is 6.36. The second-order valence-electron chi connectivity index (χ2n) is 6.27. The summed E-state index contributed by atoms with van der Waals surface area (Å²) in [5.74, 6) is 2.40. The third kappa shape index (κ3) is 6.83. The first-order chi connectivity index (χ1) is 13.7. The standard InChI is InChI=1S/C18H19ClN7.CH3I.Ac/c1-11-21-18(26-25-11)24-16-10-15(14-8-4-5-9-20-14)22-17(23-16)12-6-2-3-7-13(12)19;1-2;/h2-3,6-7,10,14H,4-5,8-9H2,1H3,(H2,21,22,23,24,25,26);1H3;/q-1;;. The number of piperidine rings is 1. The van der Waals surface area contributed by atoms with Gasteiger partial charge >= 0.3 is 0 Å². The van der Waals surface area contributed by atoms with E-state index in [1.165, 1.54) is 0 Å². The minimum atomic E-state index is 0. The average molecular weight is 738 g/mol. The summed E-state index contributed by atoms with van der Waals surface area (Å²) in [6.07, 6.45) is 3.29. The van der Waals surface area contributed by atoms with Crippen LogP contribution in [-0.2, 0) is 0 Å². The molecule has 1 aliphatic heterocycles. The molecule has 1 aliphatic rings. The van der Waals surface area contributed by atoms with Gasteiger partial charge in [0.05, 0.1) is 5.02 Å². The van der Waals surface area contributed by atoms with Crippen molar-refractivity contribution in [2.45, 2.75) is 32.2 Å². The van der Waals surface area contributed by atoms with Crippen LogP contribution >= 0.6 is 34.2 Å². The molecular weight excluding hydrogens is 716 g/mol. The maximum absolute atomic E-state index is 6.36. The topological polar surface area (TPSA) is 93.5 Å². The van der Waals surface area contributed by atoms with Crippen molar-refractivity contribution in [1.82, 2.24) is 25.1 Å². The van der Waals surface area contributed by atoms with Crippen molar-refractivity contribution in [1.29, 1.82) is 0 Å². The number of rotatable bonds is 4. The number of nitrogens with one attached hydrogen (secondary N) is 2. The van der Waals surface area contributed by atoms with E-state index in [4.69, 9.17) is 21.9 Å². The van der Waals surface area contributed by atoms with Gasteiger partial charge in [-0.2, -0.15) is 4.98 Å². The Morgan fingerprint density at radius 3 is 2.62 bits per heavy atom. The molecule has 1 unspecified atom stereocenters. The molecule has 3 aromatic rings. The Balaban J connectivity index is 0.000000970. The number of aromatic nitrogens is 5. The van der Waals surface area contributed by atoms with Crippen molar-refractivity contribution < 1.29 is 44.1 Å². The molecule has 10 heteroatoms. The Morgan fingerprint density at radius 2 is 1.97 bits per heavy atom. The van der Waals surface area contributed by atoms with Gasteiger partial charge in [0.15, 0.2) is 5.82 Å². The van der Waals surface area contributed by atoms with Crippen molar-refractivity contribution in [2.75, 3.05) is 16.8 Å². The minimum absolute atomic E-state index is 0. The monoisotopic (exact) mass is 737 g/mol. The second kappa shape index (κ2) is 12.5. The van der Waals surface area contributed by atoms with Gasteiger partial charge in [-0.15, -0.1) is 11.6 Å². The molecule has 1 aromatic carbocycles. The van der Waals surface area contributed by atoms with Gasteiger partial charge < -0.3 is 10.6 Å². The number of aryl methyl sites for hydroxylation is 1. The predicted octanol–water partition coefficient (Wildman–Crippen LogP) is 5.62. The molecule has 151 valence electrons. The zero-order chi connectivity index (χ0) is 19.9. The summed E-state index contributed by atoms with van der Waals surface area (Å²) in [5.41, 5.74) is 1.69. The molecule has 2 N–H and O–H groups in total. The molecule has 1 fully saturated rings. The van der Waals surface area contributed by atoms with E-state index in [2.05, 4.69) is 48.1 Å². The summed E-state index contributed by atoms with van der Waals surface area (Å²) < 4.78 is 0. The number of H-pyrrole nitrogens is 1. The van der Waals surface area contributed by atoms with Crippen molar-refractivity contribution in [3.63, 3.8) is 0 Å². The average Bonchev–Trinajstić information content (AvgIpc) is 3.15. The van der Waals surface area contributed by atoms with Crippen molar-refractivity contribution in [3.05, 3.63) is 52.2 Å².